The largest absolute Gasteiger partial charge is 0.467 e. The molecular weight excluding hydrogens is 526 g/mol. The van der Waals surface area contributed by atoms with Crippen LogP contribution in [-0.4, -0.2) is 45.1 Å². The highest BCUT2D eigenvalue weighted by atomic mass is 32.1. The standard InChI is InChI=1S/C30H29N5O4S/c1-39-30-32-17-23(18-33-30)29-22(16-27(36)34-38)15-26(40-29)28(37)21-10-9-20-13-24(19-7-3-2-4-8-19)35(25(20)14-21)12-6-5-11-31/h2-4,7-10,13-15,17-18,38H,5-6,11-12,16,31H2,1H3,(H,34,36). The van der Waals surface area contributed by atoms with Crippen molar-refractivity contribution in [1.29, 1.82) is 0 Å². The summed E-state index contributed by atoms with van der Waals surface area (Å²) in [6, 6.07) is 20.0. The summed E-state index contributed by atoms with van der Waals surface area (Å²) >= 11 is 1.26. The van der Waals surface area contributed by atoms with Crippen molar-refractivity contribution in [1.82, 2.24) is 20.0 Å². The van der Waals surface area contributed by atoms with Crippen LogP contribution in [0.25, 0.3) is 32.6 Å². The van der Waals surface area contributed by atoms with E-state index in [1.54, 1.807) is 23.9 Å². The molecule has 0 unspecified atom stereocenters. The zero-order valence-electron chi connectivity index (χ0n) is 22.0. The van der Waals surface area contributed by atoms with E-state index < -0.39 is 5.91 Å². The molecule has 0 bridgehead atoms. The van der Waals surface area contributed by atoms with Crippen molar-refractivity contribution in [2.24, 2.45) is 5.73 Å². The first-order valence-electron chi connectivity index (χ1n) is 12.9. The van der Waals surface area contributed by atoms with E-state index >= 15 is 0 Å². The fourth-order valence-corrected chi connectivity index (χ4v) is 5.83. The highest BCUT2D eigenvalue weighted by molar-refractivity contribution is 7.17. The Kier molecular flexibility index (Phi) is 8.30. The Morgan fingerprint density at radius 3 is 2.50 bits per heavy atom. The number of nitrogens with zero attached hydrogens (tertiary/aromatic N) is 3. The number of benzene rings is 2. The van der Waals surface area contributed by atoms with Crippen molar-refractivity contribution in [3.05, 3.63) is 89.1 Å². The second-order valence-electron chi connectivity index (χ2n) is 9.28. The van der Waals surface area contributed by atoms with Gasteiger partial charge in [-0.25, -0.2) is 15.4 Å². The molecule has 10 heteroatoms. The lowest BCUT2D eigenvalue weighted by atomic mass is 10.0. The van der Waals surface area contributed by atoms with Crippen molar-refractivity contribution in [2.75, 3.05) is 13.7 Å². The number of carbonyl (C=O) groups excluding carboxylic acids is 2. The van der Waals surface area contributed by atoms with E-state index in [0.717, 1.165) is 41.5 Å². The second-order valence-corrected chi connectivity index (χ2v) is 10.3. The summed E-state index contributed by atoms with van der Waals surface area (Å²) in [7, 11) is 1.47. The van der Waals surface area contributed by atoms with Gasteiger partial charge in [-0.3, -0.25) is 14.8 Å². The highest BCUT2D eigenvalue weighted by Gasteiger charge is 2.21. The summed E-state index contributed by atoms with van der Waals surface area (Å²) in [5.41, 5.74) is 12.4. The Labute approximate surface area is 235 Å². The van der Waals surface area contributed by atoms with Gasteiger partial charge in [-0.05, 0) is 48.7 Å². The van der Waals surface area contributed by atoms with E-state index in [-0.39, 0.29) is 18.2 Å². The van der Waals surface area contributed by atoms with Crippen molar-refractivity contribution < 1.29 is 19.5 Å². The van der Waals surface area contributed by atoms with E-state index in [2.05, 4.69) is 32.7 Å². The molecule has 0 saturated carbocycles. The number of hydroxylamine groups is 1. The Bertz CT molecular complexity index is 1640. The molecule has 5 rings (SSSR count). The van der Waals surface area contributed by atoms with Crippen LogP contribution in [0.1, 0.15) is 33.6 Å². The van der Waals surface area contributed by atoms with Crippen molar-refractivity contribution in [2.45, 2.75) is 25.8 Å². The number of ketones is 1. The fraction of sp³-hybridized carbons (Fsp3) is 0.200. The number of unbranched alkanes of at least 4 members (excludes halogenated alkanes) is 1. The molecule has 1 amide bonds. The van der Waals surface area contributed by atoms with Gasteiger partial charge in [0.2, 0.25) is 11.7 Å². The molecule has 0 saturated heterocycles. The molecule has 4 N–H and O–H groups in total. The van der Waals surface area contributed by atoms with E-state index in [0.29, 0.717) is 33.0 Å². The van der Waals surface area contributed by atoms with Crippen LogP contribution in [0.2, 0.25) is 0 Å². The lowest BCUT2D eigenvalue weighted by Gasteiger charge is -2.11. The molecule has 5 aromatic rings. The molecule has 3 aromatic heterocycles. The summed E-state index contributed by atoms with van der Waals surface area (Å²) in [6.45, 7) is 1.41. The molecule has 0 aliphatic heterocycles. The third kappa shape index (κ3) is 5.64. The highest BCUT2D eigenvalue weighted by Crippen LogP contribution is 2.35. The van der Waals surface area contributed by atoms with E-state index in [1.807, 2.05) is 36.4 Å². The third-order valence-corrected chi connectivity index (χ3v) is 7.88. The van der Waals surface area contributed by atoms with Gasteiger partial charge in [0.05, 0.1) is 18.4 Å². The smallest absolute Gasteiger partial charge is 0.316 e. The molecule has 0 spiro atoms. The first-order chi connectivity index (χ1) is 19.5. The molecule has 0 atom stereocenters. The van der Waals surface area contributed by atoms with E-state index in [4.69, 9.17) is 15.7 Å². The lowest BCUT2D eigenvalue weighted by molar-refractivity contribution is -0.128. The van der Waals surface area contributed by atoms with Gasteiger partial charge >= 0.3 is 6.01 Å². The number of aromatic nitrogens is 3. The van der Waals surface area contributed by atoms with Crippen LogP contribution < -0.4 is 16.0 Å². The van der Waals surface area contributed by atoms with Gasteiger partial charge in [0, 0.05) is 51.5 Å². The maximum absolute atomic E-state index is 13.8. The van der Waals surface area contributed by atoms with Gasteiger partial charge in [0.25, 0.3) is 0 Å². The number of aryl methyl sites for hydroxylation is 1. The normalized spacial score (nSPS) is 11.1. The molecule has 0 aliphatic carbocycles. The second kappa shape index (κ2) is 12.2. The van der Waals surface area contributed by atoms with Gasteiger partial charge in [-0.2, -0.15) is 0 Å². The monoisotopic (exact) mass is 555 g/mol. The Morgan fingerprint density at radius 1 is 1.02 bits per heavy atom. The molecule has 0 radical (unpaired) electrons. The molecule has 2 aromatic carbocycles. The van der Waals surface area contributed by atoms with E-state index in [1.165, 1.54) is 18.4 Å². The summed E-state index contributed by atoms with van der Waals surface area (Å²) in [5.74, 6) is -0.744. The zero-order chi connectivity index (χ0) is 28.1. The Balaban J connectivity index is 1.55. The van der Waals surface area contributed by atoms with Crippen LogP contribution in [0.15, 0.2) is 73.1 Å². The first-order valence-corrected chi connectivity index (χ1v) is 13.7. The summed E-state index contributed by atoms with van der Waals surface area (Å²) in [4.78, 5) is 35.2. The predicted octanol–water partition coefficient (Wildman–Crippen LogP) is 4.85. The van der Waals surface area contributed by atoms with Crippen LogP contribution in [-0.2, 0) is 17.8 Å². The first kappa shape index (κ1) is 27.2. The maximum atomic E-state index is 13.8. The van der Waals surface area contributed by atoms with Gasteiger partial charge in [0.15, 0.2) is 0 Å². The van der Waals surface area contributed by atoms with Gasteiger partial charge < -0.3 is 15.0 Å². The fourth-order valence-electron chi connectivity index (χ4n) is 4.71. The topological polar surface area (TPSA) is 132 Å². The summed E-state index contributed by atoms with van der Waals surface area (Å²) in [5, 5.41) is 10.1. The number of fused-ring (bicyclic) bond motifs is 1. The number of thiophene rings is 1. The molecule has 40 heavy (non-hydrogen) atoms. The summed E-state index contributed by atoms with van der Waals surface area (Å²) in [6.07, 6.45) is 4.89. The lowest BCUT2D eigenvalue weighted by Crippen LogP contribution is -2.20. The molecule has 0 aliphatic rings. The van der Waals surface area contributed by atoms with Crippen molar-refractivity contribution >= 4 is 33.9 Å². The van der Waals surface area contributed by atoms with Crippen LogP contribution in [0.5, 0.6) is 6.01 Å². The molecule has 9 nitrogen and oxygen atoms in total. The van der Waals surface area contributed by atoms with Crippen molar-refractivity contribution in [3.63, 3.8) is 0 Å². The number of hydrogen-bond donors (Lipinski definition) is 3. The van der Waals surface area contributed by atoms with Crippen LogP contribution >= 0.6 is 11.3 Å². The van der Waals surface area contributed by atoms with Gasteiger partial charge in [0.1, 0.15) is 0 Å². The summed E-state index contributed by atoms with van der Waals surface area (Å²) < 4.78 is 7.30. The minimum absolute atomic E-state index is 0.106. The molecule has 0 fully saturated rings. The SMILES string of the molecule is COc1ncc(-c2sc(C(=O)c3ccc4cc(-c5ccccc5)n(CCCCN)c4c3)cc2CC(=O)NO)cn1. The van der Waals surface area contributed by atoms with E-state index in [9.17, 15) is 9.59 Å². The minimum Gasteiger partial charge on any atom is -0.467 e. The van der Waals surface area contributed by atoms with Crippen LogP contribution in [0.3, 0.4) is 0 Å². The maximum Gasteiger partial charge on any atom is 0.316 e. The van der Waals surface area contributed by atoms with Gasteiger partial charge in [-0.15, -0.1) is 11.3 Å². The number of nitrogens with two attached hydrogens (primary N) is 1. The molecule has 3 heterocycles. The quantitative estimate of drug-likeness (QED) is 0.0918. The average Bonchev–Trinajstić information content (AvgIpc) is 3.58. The number of amides is 1. The number of hydrogen-bond acceptors (Lipinski definition) is 8. The number of methoxy groups -OCH3 is 1. The predicted molar refractivity (Wildman–Crippen MR) is 155 cm³/mol. The Hall–Kier alpha value is -4.38. The van der Waals surface area contributed by atoms with Crippen LogP contribution in [0.4, 0.5) is 0 Å². The zero-order valence-corrected chi connectivity index (χ0v) is 22.8. The number of nitrogens with one attached hydrogen (secondary N) is 1. The minimum atomic E-state index is -0.586. The number of carbonyl (C=O) groups is 2. The number of rotatable bonds is 11. The number of ether oxygens (including phenoxy) is 1. The molecule has 204 valence electrons. The van der Waals surface area contributed by atoms with Crippen LogP contribution in [0, 0.1) is 0 Å². The molecular formula is C30H29N5O4S. The Morgan fingerprint density at radius 2 is 1.80 bits per heavy atom. The van der Waals surface area contributed by atoms with Gasteiger partial charge in [-0.1, -0.05) is 42.5 Å². The third-order valence-electron chi connectivity index (χ3n) is 6.65. The van der Waals surface area contributed by atoms with Crippen molar-refractivity contribution in [3.8, 4) is 27.7 Å². The average molecular weight is 556 g/mol.